The van der Waals surface area contributed by atoms with Crippen molar-refractivity contribution in [3.8, 4) is 0 Å². The fourth-order valence-corrected chi connectivity index (χ4v) is 6.62. The third-order valence-corrected chi connectivity index (χ3v) is 7.72. The summed E-state index contributed by atoms with van der Waals surface area (Å²) in [7, 11) is 0. The first-order chi connectivity index (χ1) is 10.4. The number of hydrogen-bond donors (Lipinski definition) is 3. The molecule has 0 heterocycles. The first-order valence-electron chi connectivity index (χ1n) is 9.16. The molecule has 3 unspecified atom stereocenters. The van der Waals surface area contributed by atoms with Crippen molar-refractivity contribution < 1.29 is 15.3 Å². The van der Waals surface area contributed by atoms with Gasteiger partial charge in [-0.25, -0.2) is 0 Å². The van der Waals surface area contributed by atoms with Crippen LogP contribution in [0.3, 0.4) is 0 Å². The van der Waals surface area contributed by atoms with Crippen LogP contribution in [0.2, 0.25) is 0 Å². The number of aliphatic hydroxyl groups is 3. The third-order valence-electron chi connectivity index (χ3n) is 7.72. The molecule has 0 aliphatic heterocycles. The Bertz CT molecular complexity index is 487. The topological polar surface area (TPSA) is 60.7 Å². The predicted octanol–water partition coefficient (Wildman–Crippen LogP) is 2.50. The molecule has 0 saturated heterocycles. The second-order valence-electron chi connectivity index (χ2n) is 8.82. The lowest BCUT2D eigenvalue weighted by Crippen LogP contribution is -2.51. The van der Waals surface area contributed by atoms with Crippen LogP contribution >= 0.6 is 0 Å². The maximum absolute atomic E-state index is 10.8. The Morgan fingerprint density at radius 2 is 1.91 bits per heavy atom. The Labute approximate surface area is 133 Å². The van der Waals surface area contributed by atoms with Gasteiger partial charge in [-0.1, -0.05) is 25.5 Å². The van der Waals surface area contributed by atoms with E-state index in [0.29, 0.717) is 29.6 Å². The summed E-state index contributed by atoms with van der Waals surface area (Å²) in [4.78, 5) is 0. The minimum atomic E-state index is -0.385. The average molecular weight is 306 g/mol. The Balaban J connectivity index is 1.68. The van der Waals surface area contributed by atoms with Gasteiger partial charge in [0.15, 0.2) is 0 Å². The number of fused-ring (bicyclic) bond motifs is 5. The van der Waals surface area contributed by atoms with Gasteiger partial charge in [0, 0.05) is 0 Å². The van der Waals surface area contributed by atoms with Crippen LogP contribution in [0.5, 0.6) is 0 Å². The molecule has 0 aromatic heterocycles. The summed E-state index contributed by atoms with van der Waals surface area (Å²) < 4.78 is 0. The first-order valence-corrected chi connectivity index (χ1v) is 9.16. The van der Waals surface area contributed by atoms with Crippen molar-refractivity contribution in [3.05, 3.63) is 11.6 Å². The SMILES string of the molecule is C[C@@H]1CC2C3C(CC[C@]2(C)[C@@H]1O)[C@H]1CC[C@H](O)CC1=C[C@@H]3O. The van der Waals surface area contributed by atoms with Crippen molar-refractivity contribution in [2.75, 3.05) is 0 Å². The summed E-state index contributed by atoms with van der Waals surface area (Å²) in [5.74, 6) is 2.21. The van der Waals surface area contributed by atoms with Gasteiger partial charge in [0.05, 0.1) is 18.3 Å². The molecule has 0 radical (unpaired) electrons. The lowest BCUT2D eigenvalue weighted by atomic mass is 9.52. The van der Waals surface area contributed by atoms with Crippen molar-refractivity contribution in [1.29, 1.82) is 0 Å². The van der Waals surface area contributed by atoms with E-state index in [1.807, 2.05) is 0 Å². The number of rotatable bonds is 0. The van der Waals surface area contributed by atoms with Gasteiger partial charge in [0.1, 0.15) is 0 Å². The van der Waals surface area contributed by atoms with Crippen LogP contribution in [-0.2, 0) is 0 Å². The zero-order valence-corrected chi connectivity index (χ0v) is 13.8. The van der Waals surface area contributed by atoms with Crippen LogP contribution in [0.25, 0.3) is 0 Å². The van der Waals surface area contributed by atoms with Crippen LogP contribution in [0.15, 0.2) is 11.6 Å². The molecular weight excluding hydrogens is 276 g/mol. The van der Waals surface area contributed by atoms with E-state index in [4.69, 9.17) is 0 Å². The molecule has 3 fully saturated rings. The molecule has 0 aromatic carbocycles. The molecule has 4 aliphatic rings. The summed E-state index contributed by atoms with van der Waals surface area (Å²) in [6, 6.07) is 0. The predicted molar refractivity (Wildman–Crippen MR) is 85.0 cm³/mol. The number of hydrogen-bond acceptors (Lipinski definition) is 3. The standard InChI is InChI=1S/C19H30O3/c1-10-7-15-17-14(5-6-19(15,2)18(10)22)13-4-3-12(20)8-11(13)9-16(17)21/h9-10,12-18,20-22H,3-8H2,1-2H3/t10-,12+,13+,14?,15?,16+,17?,18-,19+/m1/s1. The van der Waals surface area contributed by atoms with Crippen molar-refractivity contribution in [3.63, 3.8) is 0 Å². The highest BCUT2D eigenvalue weighted by Gasteiger charge is 2.59. The van der Waals surface area contributed by atoms with Crippen LogP contribution in [0.4, 0.5) is 0 Å². The van der Waals surface area contributed by atoms with E-state index in [2.05, 4.69) is 19.9 Å². The Morgan fingerprint density at radius 3 is 2.68 bits per heavy atom. The van der Waals surface area contributed by atoms with Crippen LogP contribution in [0, 0.1) is 35.0 Å². The van der Waals surface area contributed by atoms with Gasteiger partial charge in [-0.3, -0.25) is 0 Å². The van der Waals surface area contributed by atoms with Crippen LogP contribution < -0.4 is 0 Å². The van der Waals surface area contributed by atoms with E-state index in [1.165, 1.54) is 5.57 Å². The maximum Gasteiger partial charge on any atom is 0.0757 e. The van der Waals surface area contributed by atoms with Gasteiger partial charge in [-0.15, -0.1) is 0 Å². The molecule has 3 saturated carbocycles. The average Bonchev–Trinajstić information content (AvgIpc) is 2.70. The summed E-state index contributed by atoms with van der Waals surface area (Å²) in [5, 5.41) is 31.4. The molecule has 3 heteroatoms. The normalized spacial score (nSPS) is 57.6. The summed E-state index contributed by atoms with van der Waals surface area (Å²) in [6.07, 6.45) is 7.24. The Kier molecular flexibility index (Phi) is 3.49. The molecule has 0 amide bonds. The summed E-state index contributed by atoms with van der Waals surface area (Å²) in [6.45, 7) is 4.41. The van der Waals surface area contributed by atoms with E-state index in [1.54, 1.807) is 0 Å². The van der Waals surface area contributed by atoms with Crippen molar-refractivity contribution in [2.45, 2.75) is 70.7 Å². The number of aliphatic hydroxyl groups excluding tert-OH is 3. The Morgan fingerprint density at radius 1 is 1.14 bits per heavy atom. The molecule has 22 heavy (non-hydrogen) atoms. The second kappa shape index (κ2) is 5.06. The van der Waals surface area contributed by atoms with E-state index >= 15 is 0 Å². The van der Waals surface area contributed by atoms with Gasteiger partial charge >= 0.3 is 0 Å². The van der Waals surface area contributed by atoms with E-state index < -0.39 is 0 Å². The molecule has 9 atom stereocenters. The molecule has 0 spiro atoms. The smallest absolute Gasteiger partial charge is 0.0757 e. The zero-order valence-electron chi connectivity index (χ0n) is 13.8. The molecule has 0 aromatic rings. The minimum Gasteiger partial charge on any atom is -0.393 e. The summed E-state index contributed by atoms with van der Waals surface area (Å²) in [5.41, 5.74) is 1.30. The van der Waals surface area contributed by atoms with E-state index in [-0.39, 0.29) is 23.7 Å². The molecule has 3 nitrogen and oxygen atoms in total. The fourth-order valence-electron chi connectivity index (χ4n) is 6.62. The van der Waals surface area contributed by atoms with Gasteiger partial charge in [0.25, 0.3) is 0 Å². The highest BCUT2D eigenvalue weighted by molar-refractivity contribution is 5.23. The molecule has 0 bridgehead atoms. The van der Waals surface area contributed by atoms with Gasteiger partial charge < -0.3 is 15.3 Å². The molecule has 4 aliphatic carbocycles. The van der Waals surface area contributed by atoms with Crippen LogP contribution in [0.1, 0.15) is 52.4 Å². The van der Waals surface area contributed by atoms with E-state index in [0.717, 1.165) is 38.5 Å². The monoisotopic (exact) mass is 306 g/mol. The lowest BCUT2D eigenvalue weighted by Gasteiger charge is -2.54. The first kappa shape index (κ1) is 15.2. The second-order valence-corrected chi connectivity index (χ2v) is 8.82. The molecule has 4 rings (SSSR count). The van der Waals surface area contributed by atoms with Gasteiger partial charge in [-0.2, -0.15) is 0 Å². The summed E-state index contributed by atoms with van der Waals surface area (Å²) >= 11 is 0. The van der Waals surface area contributed by atoms with Gasteiger partial charge in [0.2, 0.25) is 0 Å². The van der Waals surface area contributed by atoms with Crippen molar-refractivity contribution in [1.82, 2.24) is 0 Å². The third kappa shape index (κ3) is 1.98. The van der Waals surface area contributed by atoms with Crippen molar-refractivity contribution in [2.24, 2.45) is 35.0 Å². The minimum absolute atomic E-state index is 0.0128. The largest absolute Gasteiger partial charge is 0.393 e. The maximum atomic E-state index is 10.8. The van der Waals surface area contributed by atoms with Crippen LogP contribution in [-0.4, -0.2) is 33.6 Å². The van der Waals surface area contributed by atoms with E-state index in [9.17, 15) is 15.3 Å². The zero-order chi connectivity index (χ0) is 15.6. The molecular formula is C19H30O3. The fraction of sp³-hybridized carbons (Fsp3) is 0.895. The molecule has 3 N–H and O–H groups in total. The quantitative estimate of drug-likeness (QED) is 0.603. The highest BCUT2D eigenvalue weighted by Crippen LogP contribution is 2.62. The lowest BCUT2D eigenvalue weighted by molar-refractivity contribution is -0.0870. The highest BCUT2D eigenvalue weighted by atomic mass is 16.3. The van der Waals surface area contributed by atoms with Crippen molar-refractivity contribution >= 4 is 0 Å². The Hall–Kier alpha value is -0.380. The molecule has 124 valence electrons. The van der Waals surface area contributed by atoms with Gasteiger partial charge in [-0.05, 0) is 73.5 Å².